The molecule has 3 aromatic heterocycles. The first-order chi connectivity index (χ1) is 17.1. The lowest BCUT2D eigenvalue weighted by molar-refractivity contribution is 0.527. The second-order valence-corrected chi connectivity index (χ2v) is 8.76. The van der Waals surface area contributed by atoms with Gasteiger partial charge in [0.2, 0.25) is 5.95 Å². The van der Waals surface area contributed by atoms with Gasteiger partial charge in [0.25, 0.3) is 0 Å². The van der Waals surface area contributed by atoms with Crippen LogP contribution in [-0.4, -0.2) is 45.7 Å². The maximum atomic E-state index is 4.93. The highest BCUT2D eigenvalue weighted by Gasteiger charge is 2.25. The van der Waals surface area contributed by atoms with Crippen molar-refractivity contribution in [2.24, 2.45) is 0 Å². The van der Waals surface area contributed by atoms with Crippen molar-refractivity contribution in [3.05, 3.63) is 42.4 Å². The van der Waals surface area contributed by atoms with Crippen LogP contribution in [0.1, 0.15) is 77.6 Å². The number of aromatic nitrogens is 4. The van der Waals surface area contributed by atoms with Gasteiger partial charge in [0.1, 0.15) is 11.5 Å². The number of hydrogen-bond acceptors (Lipinski definition) is 6. The van der Waals surface area contributed by atoms with E-state index in [1.165, 1.54) is 36.9 Å². The van der Waals surface area contributed by atoms with E-state index in [-0.39, 0.29) is 0 Å². The average Bonchev–Trinajstić information content (AvgIpc) is 3.54. The number of allylic oxidation sites excluding steroid dienone is 1. The summed E-state index contributed by atoms with van der Waals surface area (Å²) in [5.74, 6) is 1.34. The van der Waals surface area contributed by atoms with Crippen LogP contribution in [0.4, 0.5) is 17.5 Å². The Hall–Kier alpha value is -2.93. The average molecular weight is 478 g/mol. The van der Waals surface area contributed by atoms with E-state index in [2.05, 4.69) is 56.6 Å². The number of hydrogen-bond donors (Lipinski definition) is 2. The SMILES string of the molecule is C=C(C)c1c(C)c2cnc(Nc3ccc(N4CCNCC4)cn3)nc2n1C1CCCC1.CC.CC. The van der Waals surface area contributed by atoms with Gasteiger partial charge in [-0.25, -0.2) is 9.97 Å². The third kappa shape index (κ3) is 5.84. The fourth-order valence-electron chi connectivity index (χ4n) is 5.02. The molecule has 0 radical (unpaired) electrons. The Bertz CT molecular complexity index is 1090. The van der Waals surface area contributed by atoms with Gasteiger partial charge in [-0.2, -0.15) is 4.98 Å². The molecule has 2 fully saturated rings. The highest BCUT2D eigenvalue weighted by atomic mass is 15.2. The van der Waals surface area contributed by atoms with E-state index < -0.39 is 0 Å². The molecule has 1 saturated carbocycles. The molecule has 0 unspecified atom stereocenters. The Morgan fingerprint density at radius 1 is 1.03 bits per heavy atom. The van der Waals surface area contributed by atoms with Gasteiger partial charge in [0, 0.05) is 49.5 Å². The molecule has 0 amide bonds. The first-order valence-electron chi connectivity index (χ1n) is 13.3. The molecule has 4 heterocycles. The second-order valence-electron chi connectivity index (χ2n) is 8.76. The topological polar surface area (TPSA) is 70.9 Å². The predicted molar refractivity (Wildman–Crippen MR) is 150 cm³/mol. The maximum absolute atomic E-state index is 4.93. The molecule has 3 aromatic rings. The van der Waals surface area contributed by atoms with E-state index in [1.807, 2.05) is 46.2 Å². The van der Waals surface area contributed by atoms with Crippen LogP contribution in [0.15, 0.2) is 31.1 Å². The zero-order valence-electron chi connectivity index (χ0n) is 22.5. The summed E-state index contributed by atoms with van der Waals surface area (Å²) in [7, 11) is 0. The van der Waals surface area contributed by atoms with Gasteiger partial charge < -0.3 is 20.1 Å². The van der Waals surface area contributed by atoms with Crippen LogP contribution in [0, 0.1) is 6.92 Å². The van der Waals surface area contributed by atoms with Crippen molar-refractivity contribution >= 4 is 34.1 Å². The second kappa shape index (κ2) is 12.7. The molecule has 0 atom stereocenters. The van der Waals surface area contributed by atoms with Crippen LogP contribution in [0.25, 0.3) is 16.6 Å². The molecule has 5 rings (SSSR count). The molecule has 35 heavy (non-hydrogen) atoms. The molecule has 7 heteroatoms. The van der Waals surface area contributed by atoms with Crippen LogP contribution in [0.5, 0.6) is 0 Å². The Balaban J connectivity index is 0.000000815. The predicted octanol–water partition coefficient (Wildman–Crippen LogP) is 6.49. The number of rotatable bonds is 5. The van der Waals surface area contributed by atoms with E-state index in [9.17, 15) is 0 Å². The molecule has 0 aromatic carbocycles. The summed E-state index contributed by atoms with van der Waals surface area (Å²) in [4.78, 5) is 16.5. The van der Waals surface area contributed by atoms with Crippen LogP contribution in [-0.2, 0) is 0 Å². The summed E-state index contributed by atoms with van der Waals surface area (Å²) < 4.78 is 2.41. The van der Waals surface area contributed by atoms with Crippen LogP contribution >= 0.6 is 0 Å². The van der Waals surface area contributed by atoms with Crippen molar-refractivity contribution < 1.29 is 0 Å². The van der Waals surface area contributed by atoms with Crippen LogP contribution in [0.2, 0.25) is 0 Å². The first kappa shape index (κ1) is 26.7. The number of nitrogens with zero attached hydrogens (tertiary/aromatic N) is 5. The number of fused-ring (bicyclic) bond motifs is 1. The molecule has 1 aliphatic carbocycles. The fourth-order valence-corrected chi connectivity index (χ4v) is 5.02. The standard InChI is InChI=1S/C24H31N7.2C2H6/c1-16(2)22-17(3)20-15-27-24(29-23(20)31(22)18-6-4-5-7-18)28-21-9-8-19(14-26-21)30-12-10-25-11-13-30;2*1-2/h8-9,14-15,18,25H,1,4-7,10-13H2,2-3H3,(H,26,27,28,29);2*1-2H3. The van der Waals surface area contributed by atoms with Crippen molar-refractivity contribution in [2.45, 2.75) is 73.3 Å². The minimum Gasteiger partial charge on any atom is -0.368 e. The highest BCUT2D eigenvalue weighted by Crippen LogP contribution is 2.38. The molecular weight excluding hydrogens is 434 g/mol. The lowest BCUT2D eigenvalue weighted by atomic mass is 10.1. The molecule has 0 spiro atoms. The Morgan fingerprint density at radius 3 is 2.31 bits per heavy atom. The van der Waals surface area contributed by atoms with Crippen molar-refractivity contribution in [1.82, 2.24) is 24.8 Å². The van der Waals surface area contributed by atoms with Crippen LogP contribution < -0.4 is 15.5 Å². The molecule has 190 valence electrons. The highest BCUT2D eigenvalue weighted by molar-refractivity contribution is 5.87. The Labute approximate surface area is 211 Å². The smallest absolute Gasteiger partial charge is 0.230 e. The van der Waals surface area contributed by atoms with E-state index in [4.69, 9.17) is 4.98 Å². The lowest BCUT2D eigenvalue weighted by Crippen LogP contribution is -2.43. The summed E-state index contributed by atoms with van der Waals surface area (Å²) in [6.07, 6.45) is 8.82. The summed E-state index contributed by atoms with van der Waals surface area (Å²) in [5, 5.41) is 7.79. The Kier molecular flexibility index (Phi) is 9.66. The van der Waals surface area contributed by atoms with Crippen molar-refractivity contribution in [3.8, 4) is 0 Å². The monoisotopic (exact) mass is 477 g/mol. The molecule has 1 saturated heterocycles. The van der Waals surface area contributed by atoms with Gasteiger partial charge in [0.05, 0.1) is 11.9 Å². The minimum absolute atomic E-state index is 0.488. The van der Waals surface area contributed by atoms with Crippen molar-refractivity contribution in [2.75, 3.05) is 36.4 Å². The molecular formula is C28H43N7. The zero-order chi connectivity index (χ0) is 25.4. The quantitative estimate of drug-likeness (QED) is 0.438. The Morgan fingerprint density at radius 2 is 1.71 bits per heavy atom. The molecule has 2 aliphatic rings. The molecule has 1 aliphatic heterocycles. The zero-order valence-corrected chi connectivity index (χ0v) is 22.5. The summed E-state index contributed by atoms with van der Waals surface area (Å²) in [6, 6.07) is 4.61. The molecule has 7 nitrogen and oxygen atoms in total. The first-order valence-corrected chi connectivity index (χ1v) is 13.3. The van der Waals surface area contributed by atoms with E-state index in [0.29, 0.717) is 12.0 Å². The number of anilines is 3. The number of nitrogens with one attached hydrogen (secondary N) is 2. The van der Waals surface area contributed by atoms with E-state index in [0.717, 1.165) is 54.3 Å². The molecule has 2 N–H and O–H groups in total. The van der Waals surface area contributed by atoms with E-state index >= 15 is 0 Å². The third-order valence-electron chi connectivity index (χ3n) is 6.56. The van der Waals surface area contributed by atoms with Gasteiger partial charge in [-0.15, -0.1) is 0 Å². The van der Waals surface area contributed by atoms with Gasteiger partial charge in [0.15, 0.2) is 0 Å². The van der Waals surface area contributed by atoms with Gasteiger partial charge in [-0.05, 0) is 50.0 Å². The summed E-state index contributed by atoms with van der Waals surface area (Å²) in [6.45, 7) is 20.5. The number of piperazine rings is 1. The number of pyridine rings is 1. The van der Waals surface area contributed by atoms with Crippen molar-refractivity contribution in [3.63, 3.8) is 0 Å². The molecule has 0 bridgehead atoms. The van der Waals surface area contributed by atoms with Gasteiger partial charge in [-0.1, -0.05) is 47.1 Å². The fraction of sp³-hybridized carbons (Fsp3) is 0.536. The van der Waals surface area contributed by atoms with Gasteiger partial charge in [-0.3, -0.25) is 0 Å². The van der Waals surface area contributed by atoms with Gasteiger partial charge >= 0.3 is 0 Å². The largest absolute Gasteiger partial charge is 0.368 e. The normalized spacial score (nSPS) is 15.8. The number of aryl methyl sites for hydroxylation is 1. The lowest BCUT2D eigenvalue weighted by Gasteiger charge is -2.29. The third-order valence-corrected chi connectivity index (χ3v) is 6.56. The summed E-state index contributed by atoms with van der Waals surface area (Å²) >= 11 is 0. The van der Waals surface area contributed by atoms with Crippen LogP contribution in [0.3, 0.4) is 0 Å². The summed E-state index contributed by atoms with van der Waals surface area (Å²) in [5.41, 5.74) is 5.67. The van der Waals surface area contributed by atoms with E-state index in [1.54, 1.807) is 0 Å². The minimum atomic E-state index is 0.488. The maximum Gasteiger partial charge on any atom is 0.230 e. The van der Waals surface area contributed by atoms with Crippen molar-refractivity contribution in [1.29, 1.82) is 0 Å².